The molecule has 7 heteroatoms. The molecule has 2 amide bonds. The van der Waals surface area contributed by atoms with Crippen molar-refractivity contribution in [1.29, 1.82) is 0 Å². The molecule has 0 aliphatic carbocycles. The van der Waals surface area contributed by atoms with Crippen molar-refractivity contribution in [1.82, 2.24) is 19.9 Å². The zero-order valence-electron chi connectivity index (χ0n) is 13.4. The third kappa shape index (κ3) is 2.36. The number of pyridine rings is 1. The number of carbonyl (C=O) groups excluding carboxylic acids is 2. The molecule has 0 bridgehead atoms. The maximum absolute atomic E-state index is 12.7. The quantitative estimate of drug-likeness (QED) is 0.853. The molecule has 0 unspecified atom stereocenters. The van der Waals surface area contributed by atoms with E-state index in [1.807, 2.05) is 12.1 Å². The van der Waals surface area contributed by atoms with Gasteiger partial charge >= 0.3 is 0 Å². The molecule has 0 spiro atoms. The van der Waals surface area contributed by atoms with Crippen LogP contribution in [0.5, 0.6) is 0 Å². The SMILES string of the molecule is C[C@H]1C(=O)N2CCC[C@@H]2C(=O)N1Cc1cc(-c2ccncc2)no1. The van der Waals surface area contributed by atoms with Gasteiger partial charge in [0.2, 0.25) is 11.8 Å². The molecule has 0 aromatic carbocycles. The summed E-state index contributed by atoms with van der Waals surface area (Å²) in [5.41, 5.74) is 1.59. The van der Waals surface area contributed by atoms with Crippen LogP contribution in [0.25, 0.3) is 11.3 Å². The van der Waals surface area contributed by atoms with E-state index in [2.05, 4.69) is 10.1 Å². The molecule has 0 radical (unpaired) electrons. The van der Waals surface area contributed by atoms with Crippen molar-refractivity contribution in [2.24, 2.45) is 0 Å². The van der Waals surface area contributed by atoms with Gasteiger partial charge in [0.15, 0.2) is 5.76 Å². The minimum absolute atomic E-state index is 0.00135. The Balaban J connectivity index is 1.55. The summed E-state index contributed by atoms with van der Waals surface area (Å²) >= 11 is 0. The van der Waals surface area contributed by atoms with Gasteiger partial charge in [-0.3, -0.25) is 14.6 Å². The van der Waals surface area contributed by atoms with Gasteiger partial charge in [0.25, 0.3) is 0 Å². The van der Waals surface area contributed by atoms with Crippen LogP contribution >= 0.6 is 0 Å². The molecule has 2 aromatic heterocycles. The second-order valence-electron chi connectivity index (χ2n) is 6.25. The van der Waals surface area contributed by atoms with E-state index in [1.165, 1.54) is 0 Å². The standard InChI is InChI=1S/C17H18N4O3/c1-11-16(22)20-8-2-3-15(20)17(23)21(11)10-13-9-14(19-24-13)12-4-6-18-7-5-12/h4-7,9,11,15H,2-3,8,10H2,1H3/t11-,15+/m0/s1. The summed E-state index contributed by atoms with van der Waals surface area (Å²) in [6.07, 6.45) is 5.00. The second-order valence-corrected chi connectivity index (χ2v) is 6.25. The highest BCUT2D eigenvalue weighted by molar-refractivity contribution is 5.97. The second kappa shape index (κ2) is 5.74. The molecule has 4 heterocycles. The fourth-order valence-corrected chi connectivity index (χ4v) is 3.47. The minimum Gasteiger partial charge on any atom is -0.359 e. The highest BCUT2D eigenvalue weighted by Gasteiger charge is 2.46. The first kappa shape index (κ1) is 14.9. The Bertz CT molecular complexity index is 773. The van der Waals surface area contributed by atoms with Crippen molar-refractivity contribution >= 4 is 11.8 Å². The third-order valence-corrected chi connectivity index (χ3v) is 4.79. The normalized spacial score (nSPS) is 23.7. The largest absolute Gasteiger partial charge is 0.359 e. The number of amides is 2. The lowest BCUT2D eigenvalue weighted by Gasteiger charge is -2.40. The zero-order chi connectivity index (χ0) is 16.7. The van der Waals surface area contributed by atoms with E-state index in [-0.39, 0.29) is 24.4 Å². The lowest BCUT2D eigenvalue weighted by Crippen LogP contribution is -2.61. The maximum Gasteiger partial charge on any atom is 0.246 e. The van der Waals surface area contributed by atoms with Crippen LogP contribution in [0.3, 0.4) is 0 Å². The predicted octanol–water partition coefficient (Wildman–Crippen LogP) is 1.46. The monoisotopic (exact) mass is 326 g/mol. The molecule has 124 valence electrons. The van der Waals surface area contributed by atoms with Crippen LogP contribution in [0.4, 0.5) is 0 Å². The highest BCUT2D eigenvalue weighted by atomic mass is 16.5. The number of piperazine rings is 1. The van der Waals surface area contributed by atoms with Gasteiger partial charge in [0.05, 0.1) is 6.54 Å². The Kier molecular flexibility index (Phi) is 3.55. The van der Waals surface area contributed by atoms with Crippen LogP contribution < -0.4 is 0 Å². The average molecular weight is 326 g/mol. The summed E-state index contributed by atoms with van der Waals surface area (Å²) in [7, 11) is 0. The molecule has 2 atom stereocenters. The molecule has 2 aromatic rings. The summed E-state index contributed by atoms with van der Waals surface area (Å²) < 4.78 is 5.38. The van der Waals surface area contributed by atoms with Crippen LogP contribution in [-0.2, 0) is 16.1 Å². The van der Waals surface area contributed by atoms with Crippen molar-refractivity contribution < 1.29 is 14.1 Å². The summed E-state index contributed by atoms with van der Waals surface area (Å²) in [6, 6.07) is 4.71. The van der Waals surface area contributed by atoms with Crippen molar-refractivity contribution in [3.63, 3.8) is 0 Å². The Labute approximate surface area is 139 Å². The molecular formula is C17H18N4O3. The van der Waals surface area contributed by atoms with Gasteiger partial charge in [0, 0.05) is 30.6 Å². The van der Waals surface area contributed by atoms with Gasteiger partial charge in [-0.25, -0.2) is 0 Å². The molecule has 2 fully saturated rings. The minimum atomic E-state index is -0.471. The lowest BCUT2D eigenvalue weighted by molar-refractivity contribution is -0.159. The van der Waals surface area contributed by atoms with Gasteiger partial charge in [0.1, 0.15) is 17.8 Å². The smallest absolute Gasteiger partial charge is 0.246 e. The lowest BCUT2D eigenvalue weighted by atomic mass is 10.1. The third-order valence-electron chi connectivity index (χ3n) is 4.79. The first-order valence-electron chi connectivity index (χ1n) is 8.12. The molecule has 2 aliphatic rings. The van der Waals surface area contributed by atoms with Gasteiger partial charge in [-0.1, -0.05) is 5.16 Å². The van der Waals surface area contributed by atoms with Gasteiger partial charge in [-0.05, 0) is 31.9 Å². The zero-order valence-corrected chi connectivity index (χ0v) is 13.4. The van der Waals surface area contributed by atoms with E-state index in [0.29, 0.717) is 18.0 Å². The number of carbonyl (C=O) groups is 2. The fourth-order valence-electron chi connectivity index (χ4n) is 3.47. The van der Waals surface area contributed by atoms with Crippen molar-refractivity contribution in [2.45, 2.75) is 38.4 Å². The van der Waals surface area contributed by atoms with Crippen LogP contribution in [0, 0.1) is 0 Å². The van der Waals surface area contributed by atoms with Gasteiger partial charge in [-0.15, -0.1) is 0 Å². The number of aromatic nitrogens is 2. The molecule has 4 rings (SSSR count). The first-order valence-corrected chi connectivity index (χ1v) is 8.12. The number of hydrogen-bond acceptors (Lipinski definition) is 5. The van der Waals surface area contributed by atoms with E-state index >= 15 is 0 Å². The molecule has 7 nitrogen and oxygen atoms in total. The topological polar surface area (TPSA) is 79.5 Å². The Morgan fingerprint density at radius 3 is 2.83 bits per heavy atom. The van der Waals surface area contributed by atoms with Gasteiger partial charge < -0.3 is 14.3 Å². The number of fused-ring (bicyclic) bond motifs is 1. The van der Waals surface area contributed by atoms with E-state index in [1.54, 1.807) is 35.2 Å². The van der Waals surface area contributed by atoms with E-state index in [0.717, 1.165) is 18.4 Å². The molecular weight excluding hydrogens is 308 g/mol. The Morgan fingerprint density at radius 2 is 2.04 bits per heavy atom. The van der Waals surface area contributed by atoms with E-state index in [9.17, 15) is 9.59 Å². The number of rotatable bonds is 3. The van der Waals surface area contributed by atoms with Crippen molar-refractivity contribution in [3.05, 3.63) is 36.4 Å². The molecule has 2 saturated heterocycles. The average Bonchev–Trinajstić information content (AvgIpc) is 3.27. The van der Waals surface area contributed by atoms with Crippen LogP contribution in [0.2, 0.25) is 0 Å². The maximum atomic E-state index is 12.7. The summed E-state index contributed by atoms with van der Waals surface area (Å²) in [6.45, 7) is 2.71. The van der Waals surface area contributed by atoms with Crippen LogP contribution in [-0.4, -0.2) is 50.4 Å². The Morgan fingerprint density at radius 1 is 1.25 bits per heavy atom. The summed E-state index contributed by atoms with van der Waals surface area (Å²) in [4.78, 5) is 32.5. The molecule has 0 saturated carbocycles. The summed E-state index contributed by atoms with van der Waals surface area (Å²) in [5, 5.41) is 4.05. The van der Waals surface area contributed by atoms with E-state index in [4.69, 9.17) is 4.52 Å². The van der Waals surface area contributed by atoms with Crippen LogP contribution in [0.15, 0.2) is 35.1 Å². The van der Waals surface area contributed by atoms with Crippen LogP contribution in [0.1, 0.15) is 25.5 Å². The van der Waals surface area contributed by atoms with Crippen molar-refractivity contribution in [3.8, 4) is 11.3 Å². The first-order chi connectivity index (χ1) is 11.6. The highest BCUT2D eigenvalue weighted by Crippen LogP contribution is 2.28. The van der Waals surface area contributed by atoms with Gasteiger partial charge in [-0.2, -0.15) is 0 Å². The molecule has 24 heavy (non-hydrogen) atoms. The number of hydrogen-bond donors (Lipinski definition) is 0. The molecule has 0 N–H and O–H groups in total. The predicted molar refractivity (Wildman–Crippen MR) is 84.5 cm³/mol. The summed E-state index contributed by atoms with van der Waals surface area (Å²) in [5.74, 6) is 0.591. The Hall–Kier alpha value is -2.70. The molecule has 2 aliphatic heterocycles. The number of nitrogens with zero attached hydrogens (tertiary/aromatic N) is 4. The van der Waals surface area contributed by atoms with E-state index < -0.39 is 6.04 Å². The fraction of sp³-hybridized carbons (Fsp3) is 0.412. The van der Waals surface area contributed by atoms with Crippen molar-refractivity contribution in [2.75, 3.05) is 6.54 Å².